The van der Waals surface area contributed by atoms with Crippen molar-refractivity contribution in [1.82, 2.24) is 19.4 Å². The van der Waals surface area contributed by atoms with E-state index in [4.69, 9.17) is 4.98 Å². The van der Waals surface area contributed by atoms with E-state index < -0.39 is 0 Å². The Kier molecular flexibility index (Phi) is 2.51. The van der Waals surface area contributed by atoms with E-state index >= 15 is 0 Å². The van der Waals surface area contributed by atoms with E-state index in [1.54, 1.807) is 0 Å². The lowest BCUT2D eigenvalue weighted by atomic mass is 9.99. The Morgan fingerprint density at radius 1 is 0.750 bits per heavy atom. The molecule has 0 radical (unpaired) electrons. The van der Waals surface area contributed by atoms with Crippen LogP contribution in [-0.4, -0.2) is 19.4 Å². The second-order valence-corrected chi connectivity index (χ2v) is 7.40. The third-order valence-electron chi connectivity index (χ3n) is 5.92. The maximum Gasteiger partial charge on any atom is 0.164 e. The number of aromatic nitrogens is 4. The lowest BCUT2D eigenvalue weighted by Gasteiger charge is -2.10. The first-order chi connectivity index (χ1) is 13.9. The minimum Gasteiger partial charge on any atom is -0.276 e. The maximum absolute atomic E-state index is 4.95. The van der Waals surface area contributed by atoms with E-state index in [2.05, 4.69) is 56.8 Å². The fraction of sp³-hybridized carbons (Fsp3) is 0.0417. The molecule has 4 aromatic heterocycles. The summed E-state index contributed by atoms with van der Waals surface area (Å²) in [5.74, 6) is 0. The SMILES string of the molecule is c1ccc2c(c1)Cc1cc3c4cnccc4n4c5ncccc5nc4c3cc1-2. The first kappa shape index (κ1) is 14.3. The molecule has 0 saturated heterocycles. The number of fused-ring (bicyclic) bond motifs is 11. The molecule has 0 amide bonds. The van der Waals surface area contributed by atoms with Crippen molar-refractivity contribution in [1.29, 1.82) is 0 Å². The minimum absolute atomic E-state index is 0.886. The van der Waals surface area contributed by atoms with Crippen LogP contribution in [0.4, 0.5) is 0 Å². The summed E-state index contributed by atoms with van der Waals surface area (Å²) < 4.78 is 2.17. The van der Waals surface area contributed by atoms with E-state index in [1.165, 1.54) is 27.6 Å². The van der Waals surface area contributed by atoms with Gasteiger partial charge in [-0.1, -0.05) is 24.3 Å². The normalized spacial score (nSPS) is 12.9. The van der Waals surface area contributed by atoms with Gasteiger partial charge in [-0.05, 0) is 64.4 Å². The van der Waals surface area contributed by atoms with Crippen LogP contribution in [0, 0.1) is 0 Å². The van der Waals surface area contributed by atoms with Gasteiger partial charge in [0, 0.05) is 29.4 Å². The van der Waals surface area contributed by atoms with Gasteiger partial charge in [-0.25, -0.2) is 9.97 Å². The highest BCUT2D eigenvalue weighted by Gasteiger charge is 2.21. The minimum atomic E-state index is 0.886. The predicted octanol–water partition coefficient (Wildman–Crippen LogP) is 5.16. The summed E-state index contributed by atoms with van der Waals surface area (Å²) in [6.45, 7) is 0. The average molecular weight is 358 g/mol. The average Bonchev–Trinajstić information content (AvgIpc) is 3.31. The van der Waals surface area contributed by atoms with E-state index in [0.717, 1.165) is 39.5 Å². The molecule has 0 N–H and O–H groups in total. The molecule has 0 bridgehead atoms. The van der Waals surface area contributed by atoms with Crippen molar-refractivity contribution in [2.24, 2.45) is 0 Å². The quantitative estimate of drug-likeness (QED) is 0.352. The molecule has 0 saturated carbocycles. The number of imidazole rings is 1. The van der Waals surface area contributed by atoms with E-state index in [0.29, 0.717) is 0 Å². The Morgan fingerprint density at radius 2 is 1.71 bits per heavy atom. The third kappa shape index (κ3) is 1.68. The lowest BCUT2D eigenvalue weighted by molar-refractivity contribution is 1.23. The van der Waals surface area contributed by atoms with Crippen LogP contribution in [0.2, 0.25) is 0 Å². The molecule has 7 rings (SSSR count). The smallest absolute Gasteiger partial charge is 0.164 e. The molecular formula is C24H14N4. The van der Waals surface area contributed by atoms with Crippen LogP contribution in [0.3, 0.4) is 0 Å². The van der Waals surface area contributed by atoms with Crippen LogP contribution < -0.4 is 0 Å². The van der Waals surface area contributed by atoms with Gasteiger partial charge in [-0.15, -0.1) is 0 Å². The number of nitrogens with zero attached hydrogens (tertiary/aromatic N) is 4. The summed E-state index contributed by atoms with van der Waals surface area (Å²) in [6, 6.07) is 19.3. The van der Waals surface area contributed by atoms with Crippen LogP contribution in [0.1, 0.15) is 11.1 Å². The molecule has 130 valence electrons. The van der Waals surface area contributed by atoms with Gasteiger partial charge in [0.05, 0.1) is 5.52 Å². The van der Waals surface area contributed by atoms with Crippen molar-refractivity contribution in [2.45, 2.75) is 6.42 Å². The summed E-state index contributed by atoms with van der Waals surface area (Å²) >= 11 is 0. The van der Waals surface area contributed by atoms with Crippen molar-refractivity contribution >= 4 is 38.5 Å². The van der Waals surface area contributed by atoms with Crippen LogP contribution >= 0.6 is 0 Å². The topological polar surface area (TPSA) is 43.1 Å². The highest BCUT2D eigenvalue weighted by atomic mass is 15.1. The molecule has 4 nitrogen and oxygen atoms in total. The van der Waals surface area contributed by atoms with Crippen molar-refractivity contribution < 1.29 is 0 Å². The van der Waals surface area contributed by atoms with Gasteiger partial charge in [-0.3, -0.25) is 9.38 Å². The van der Waals surface area contributed by atoms with Crippen molar-refractivity contribution in [2.75, 3.05) is 0 Å². The zero-order valence-corrected chi connectivity index (χ0v) is 14.9. The Balaban J connectivity index is 1.75. The summed E-state index contributed by atoms with van der Waals surface area (Å²) in [6.07, 6.45) is 6.60. The van der Waals surface area contributed by atoms with Gasteiger partial charge in [0.25, 0.3) is 0 Å². The fourth-order valence-electron chi connectivity index (χ4n) is 4.70. The molecule has 28 heavy (non-hydrogen) atoms. The van der Waals surface area contributed by atoms with Crippen LogP contribution in [-0.2, 0) is 6.42 Å². The number of hydrogen-bond donors (Lipinski definition) is 0. The first-order valence-corrected chi connectivity index (χ1v) is 9.42. The number of pyridine rings is 3. The highest BCUT2D eigenvalue weighted by molar-refractivity contribution is 6.14. The van der Waals surface area contributed by atoms with Crippen LogP contribution in [0.5, 0.6) is 0 Å². The molecule has 2 aromatic carbocycles. The Morgan fingerprint density at radius 3 is 2.71 bits per heavy atom. The molecule has 4 heterocycles. The summed E-state index contributed by atoms with van der Waals surface area (Å²) in [5.41, 5.74) is 9.25. The first-order valence-electron chi connectivity index (χ1n) is 9.42. The van der Waals surface area contributed by atoms with Crippen molar-refractivity contribution in [3.63, 3.8) is 0 Å². The third-order valence-corrected chi connectivity index (χ3v) is 5.92. The molecule has 0 unspecified atom stereocenters. The number of benzene rings is 2. The van der Waals surface area contributed by atoms with E-state index in [1.807, 2.05) is 30.7 Å². The Bertz CT molecular complexity index is 1590. The fourth-order valence-corrected chi connectivity index (χ4v) is 4.70. The molecule has 1 aliphatic rings. The molecule has 4 heteroatoms. The largest absolute Gasteiger partial charge is 0.276 e. The molecule has 1 aliphatic carbocycles. The number of rotatable bonds is 0. The van der Waals surface area contributed by atoms with Gasteiger partial charge in [0.1, 0.15) is 11.2 Å². The highest BCUT2D eigenvalue weighted by Crippen LogP contribution is 2.41. The molecular weight excluding hydrogens is 344 g/mol. The molecule has 6 aromatic rings. The second-order valence-electron chi connectivity index (χ2n) is 7.40. The van der Waals surface area contributed by atoms with Gasteiger partial charge in [-0.2, -0.15) is 0 Å². The van der Waals surface area contributed by atoms with Crippen molar-refractivity contribution in [3.8, 4) is 11.1 Å². The van der Waals surface area contributed by atoms with Gasteiger partial charge in [0.15, 0.2) is 5.65 Å². The zero-order chi connectivity index (χ0) is 18.2. The zero-order valence-electron chi connectivity index (χ0n) is 14.9. The van der Waals surface area contributed by atoms with E-state index in [-0.39, 0.29) is 0 Å². The van der Waals surface area contributed by atoms with Crippen LogP contribution in [0.15, 0.2) is 73.2 Å². The standard InChI is InChI=1S/C24H14N4/c1-2-5-16-14(4-1)10-15-11-18-19(12-17(15)16)23-27-21-6-3-8-26-24(21)28(23)22-7-9-25-13-20(18)22/h1-9,11-13H,10H2. The number of hydrogen-bond acceptors (Lipinski definition) is 3. The second kappa shape index (κ2) is 4.93. The summed E-state index contributed by atoms with van der Waals surface area (Å²) in [4.78, 5) is 14.0. The summed E-state index contributed by atoms with van der Waals surface area (Å²) in [5, 5.41) is 3.49. The molecule has 0 aliphatic heterocycles. The lowest BCUT2D eigenvalue weighted by Crippen LogP contribution is -1.94. The van der Waals surface area contributed by atoms with Crippen LogP contribution in [0.25, 0.3) is 49.6 Å². The summed E-state index contributed by atoms with van der Waals surface area (Å²) in [7, 11) is 0. The monoisotopic (exact) mass is 358 g/mol. The van der Waals surface area contributed by atoms with E-state index in [9.17, 15) is 0 Å². The Labute approximate surface area is 160 Å². The van der Waals surface area contributed by atoms with Gasteiger partial charge >= 0.3 is 0 Å². The molecule has 0 atom stereocenters. The maximum atomic E-state index is 4.95. The molecule has 0 fully saturated rings. The predicted molar refractivity (Wildman–Crippen MR) is 112 cm³/mol. The molecule has 0 spiro atoms. The van der Waals surface area contributed by atoms with Gasteiger partial charge < -0.3 is 0 Å². The van der Waals surface area contributed by atoms with Gasteiger partial charge in [0.2, 0.25) is 0 Å². The Hall–Kier alpha value is -3.79. The van der Waals surface area contributed by atoms with Crippen molar-refractivity contribution in [3.05, 3.63) is 84.3 Å².